The number of carbonyl (C=O) groups excluding carboxylic acids is 2. The van der Waals surface area contributed by atoms with Gasteiger partial charge in [0.25, 0.3) is 5.91 Å². The standard InChI is InChI=1S/C16H13BrN6O2/c17-13-3-1-2-4-14(13)20-15(24)9-18-16(25)11-5-7-12(8-6-11)23-10-19-21-22-23/h1-8,10H,9H2,(H,18,25)(H,20,24). The lowest BCUT2D eigenvalue weighted by molar-refractivity contribution is -0.115. The molecule has 2 N–H and O–H groups in total. The first-order valence-electron chi connectivity index (χ1n) is 7.29. The molecule has 9 heteroatoms. The van der Waals surface area contributed by atoms with Crippen LogP contribution in [0.1, 0.15) is 10.4 Å². The van der Waals surface area contributed by atoms with Gasteiger partial charge in [0.15, 0.2) is 0 Å². The molecular weight excluding hydrogens is 388 g/mol. The fourth-order valence-electron chi connectivity index (χ4n) is 2.06. The molecule has 1 aromatic heterocycles. The maximum absolute atomic E-state index is 12.1. The lowest BCUT2D eigenvalue weighted by Gasteiger charge is -2.08. The van der Waals surface area contributed by atoms with Gasteiger partial charge in [-0.3, -0.25) is 9.59 Å². The first kappa shape index (κ1) is 16.8. The SMILES string of the molecule is O=C(CNC(=O)c1ccc(-n2cnnn2)cc1)Nc1ccccc1Br. The molecule has 0 aliphatic rings. The summed E-state index contributed by atoms with van der Waals surface area (Å²) in [7, 11) is 0. The molecule has 0 unspecified atom stereocenters. The third-order valence-corrected chi connectivity index (χ3v) is 3.99. The van der Waals surface area contributed by atoms with Crippen molar-refractivity contribution >= 4 is 33.4 Å². The van der Waals surface area contributed by atoms with Crippen LogP contribution < -0.4 is 10.6 Å². The summed E-state index contributed by atoms with van der Waals surface area (Å²) in [5.41, 5.74) is 1.81. The summed E-state index contributed by atoms with van der Waals surface area (Å²) in [5.74, 6) is -0.656. The van der Waals surface area contributed by atoms with E-state index in [1.54, 1.807) is 30.3 Å². The Balaban J connectivity index is 1.55. The number of anilines is 1. The van der Waals surface area contributed by atoms with Gasteiger partial charge < -0.3 is 10.6 Å². The quantitative estimate of drug-likeness (QED) is 0.679. The second-order valence-electron chi connectivity index (χ2n) is 5.01. The predicted octanol–water partition coefficient (Wildman–Crippen LogP) is 1.79. The van der Waals surface area contributed by atoms with Crippen LogP contribution in [0.2, 0.25) is 0 Å². The van der Waals surface area contributed by atoms with Gasteiger partial charge in [0.2, 0.25) is 5.91 Å². The average Bonchev–Trinajstić information content (AvgIpc) is 3.16. The van der Waals surface area contributed by atoms with Gasteiger partial charge in [0, 0.05) is 10.0 Å². The van der Waals surface area contributed by atoms with E-state index in [0.717, 1.165) is 10.2 Å². The Kier molecular flexibility index (Phi) is 5.14. The molecule has 2 amide bonds. The van der Waals surface area contributed by atoms with Crippen molar-refractivity contribution in [2.45, 2.75) is 0 Å². The molecule has 0 aliphatic carbocycles. The summed E-state index contributed by atoms with van der Waals surface area (Å²) in [6.07, 6.45) is 1.46. The molecule has 25 heavy (non-hydrogen) atoms. The van der Waals surface area contributed by atoms with E-state index < -0.39 is 0 Å². The van der Waals surface area contributed by atoms with Crippen molar-refractivity contribution in [3.63, 3.8) is 0 Å². The number of tetrazole rings is 1. The van der Waals surface area contributed by atoms with Crippen LogP contribution >= 0.6 is 15.9 Å². The van der Waals surface area contributed by atoms with Crippen molar-refractivity contribution in [1.82, 2.24) is 25.5 Å². The number of benzene rings is 2. The maximum Gasteiger partial charge on any atom is 0.251 e. The predicted molar refractivity (Wildman–Crippen MR) is 94.3 cm³/mol. The Morgan fingerprint density at radius 2 is 1.84 bits per heavy atom. The van der Waals surface area contributed by atoms with Crippen LogP contribution in [0.15, 0.2) is 59.3 Å². The Morgan fingerprint density at radius 3 is 2.52 bits per heavy atom. The molecular formula is C16H13BrN6O2. The van der Waals surface area contributed by atoms with E-state index in [1.165, 1.54) is 11.0 Å². The summed E-state index contributed by atoms with van der Waals surface area (Å²) >= 11 is 3.35. The first-order chi connectivity index (χ1) is 12.1. The molecule has 8 nitrogen and oxygen atoms in total. The average molecular weight is 401 g/mol. The van der Waals surface area contributed by atoms with Gasteiger partial charge in [-0.2, -0.15) is 0 Å². The van der Waals surface area contributed by atoms with E-state index in [4.69, 9.17) is 0 Å². The zero-order valence-electron chi connectivity index (χ0n) is 12.9. The van der Waals surface area contributed by atoms with E-state index in [-0.39, 0.29) is 18.4 Å². The summed E-state index contributed by atoms with van der Waals surface area (Å²) in [5, 5.41) is 16.2. The highest BCUT2D eigenvalue weighted by Gasteiger charge is 2.10. The number of rotatable bonds is 5. The van der Waals surface area contributed by atoms with E-state index in [1.807, 2.05) is 18.2 Å². The minimum Gasteiger partial charge on any atom is -0.343 e. The Morgan fingerprint density at radius 1 is 1.08 bits per heavy atom. The van der Waals surface area contributed by atoms with Crippen LogP contribution in [0.3, 0.4) is 0 Å². The molecule has 1 heterocycles. The zero-order valence-corrected chi connectivity index (χ0v) is 14.5. The van der Waals surface area contributed by atoms with Crippen LogP contribution in [0, 0.1) is 0 Å². The number of aromatic nitrogens is 4. The number of hydrogen-bond donors (Lipinski definition) is 2. The second-order valence-corrected chi connectivity index (χ2v) is 5.87. The third-order valence-electron chi connectivity index (χ3n) is 3.30. The van der Waals surface area contributed by atoms with Gasteiger partial charge in [0.05, 0.1) is 17.9 Å². The highest BCUT2D eigenvalue weighted by Crippen LogP contribution is 2.20. The smallest absolute Gasteiger partial charge is 0.251 e. The van der Waals surface area contributed by atoms with E-state index in [9.17, 15) is 9.59 Å². The number of nitrogens with zero attached hydrogens (tertiary/aromatic N) is 4. The topological polar surface area (TPSA) is 102 Å². The fraction of sp³-hybridized carbons (Fsp3) is 0.0625. The number of nitrogens with one attached hydrogen (secondary N) is 2. The molecule has 0 saturated carbocycles. The number of carbonyl (C=O) groups is 2. The molecule has 3 aromatic rings. The van der Waals surface area contributed by atoms with Crippen LogP contribution in [0.5, 0.6) is 0 Å². The van der Waals surface area contributed by atoms with Crippen molar-refractivity contribution < 1.29 is 9.59 Å². The van der Waals surface area contributed by atoms with Crippen LogP contribution in [-0.2, 0) is 4.79 Å². The second kappa shape index (κ2) is 7.67. The minimum absolute atomic E-state index is 0.130. The lowest BCUT2D eigenvalue weighted by Crippen LogP contribution is -2.32. The number of para-hydroxylation sites is 1. The maximum atomic E-state index is 12.1. The van der Waals surface area contributed by atoms with Gasteiger partial charge >= 0.3 is 0 Å². The molecule has 0 atom stereocenters. The Bertz CT molecular complexity index is 880. The van der Waals surface area contributed by atoms with Crippen LogP contribution in [0.25, 0.3) is 5.69 Å². The molecule has 0 spiro atoms. The minimum atomic E-state index is -0.342. The van der Waals surface area contributed by atoms with Crippen molar-refractivity contribution in [3.8, 4) is 5.69 Å². The summed E-state index contributed by atoms with van der Waals surface area (Å²) in [6, 6.07) is 13.9. The molecule has 0 radical (unpaired) electrons. The molecule has 3 rings (SSSR count). The third kappa shape index (κ3) is 4.27. The van der Waals surface area contributed by atoms with Gasteiger partial charge in [-0.1, -0.05) is 12.1 Å². The Hall–Kier alpha value is -3.07. The van der Waals surface area contributed by atoms with Gasteiger partial charge in [-0.25, -0.2) is 4.68 Å². The van der Waals surface area contributed by atoms with E-state index in [2.05, 4.69) is 42.1 Å². The molecule has 0 fully saturated rings. The largest absolute Gasteiger partial charge is 0.343 e. The zero-order chi connectivity index (χ0) is 17.6. The number of amides is 2. The van der Waals surface area contributed by atoms with E-state index in [0.29, 0.717) is 11.3 Å². The van der Waals surface area contributed by atoms with Crippen LogP contribution in [-0.4, -0.2) is 38.6 Å². The summed E-state index contributed by atoms with van der Waals surface area (Å²) in [6.45, 7) is -0.130. The van der Waals surface area contributed by atoms with Crippen molar-refractivity contribution in [1.29, 1.82) is 0 Å². The molecule has 126 valence electrons. The van der Waals surface area contributed by atoms with Crippen molar-refractivity contribution in [3.05, 3.63) is 64.9 Å². The van der Waals surface area contributed by atoms with Crippen LogP contribution in [0.4, 0.5) is 5.69 Å². The first-order valence-corrected chi connectivity index (χ1v) is 8.09. The normalized spacial score (nSPS) is 10.3. The Labute approximate surface area is 151 Å². The molecule has 0 aliphatic heterocycles. The van der Waals surface area contributed by atoms with Gasteiger partial charge in [-0.15, -0.1) is 5.10 Å². The molecule has 0 bridgehead atoms. The number of hydrogen-bond acceptors (Lipinski definition) is 5. The fourth-order valence-corrected chi connectivity index (χ4v) is 2.45. The summed E-state index contributed by atoms with van der Waals surface area (Å²) in [4.78, 5) is 24.1. The number of halogens is 1. The van der Waals surface area contributed by atoms with Crippen molar-refractivity contribution in [2.24, 2.45) is 0 Å². The summed E-state index contributed by atoms with van der Waals surface area (Å²) < 4.78 is 2.25. The molecule has 0 saturated heterocycles. The van der Waals surface area contributed by atoms with Gasteiger partial charge in [-0.05, 0) is 62.8 Å². The molecule has 2 aromatic carbocycles. The lowest BCUT2D eigenvalue weighted by atomic mass is 10.2. The monoisotopic (exact) mass is 400 g/mol. The highest BCUT2D eigenvalue weighted by atomic mass is 79.9. The van der Waals surface area contributed by atoms with Crippen molar-refractivity contribution in [2.75, 3.05) is 11.9 Å². The van der Waals surface area contributed by atoms with Gasteiger partial charge in [0.1, 0.15) is 6.33 Å². The highest BCUT2D eigenvalue weighted by molar-refractivity contribution is 9.10. The van der Waals surface area contributed by atoms with E-state index >= 15 is 0 Å².